The van der Waals surface area contributed by atoms with Crippen molar-refractivity contribution in [3.05, 3.63) is 29.0 Å². The normalized spacial score (nSPS) is 13.6. The number of nitrogens with one attached hydrogen (secondary N) is 1. The smallest absolute Gasteiger partial charge is 0.242 e. The minimum Gasteiger partial charge on any atom is -0.383 e. The van der Waals surface area contributed by atoms with Crippen LogP contribution >= 0.6 is 27.5 Å². The van der Waals surface area contributed by atoms with Crippen LogP contribution in [-0.4, -0.2) is 33.5 Å². The Balaban J connectivity index is 2.83. The minimum absolute atomic E-state index is 0.0261. The zero-order valence-electron chi connectivity index (χ0n) is 9.49. The predicted molar refractivity (Wildman–Crippen MR) is 71.2 cm³/mol. The van der Waals surface area contributed by atoms with Crippen molar-refractivity contribution in [3.63, 3.8) is 0 Å². The molecule has 0 spiro atoms. The molecule has 8 heteroatoms. The van der Waals surface area contributed by atoms with Gasteiger partial charge in [0.05, 0.1) is 16.5 Å². The molecule has 0 aliphatic carbocycles. The van der Waals surface area contributed by atoms with E-state index in [0.717, 1.165) is 12.1 Å². The monoisotopic (exact) mass is 359 g/mol. The second-order valence-corrected chi connectivity index (χ2v) is 6.92. The molecule has 0 bridgehead atoms. The molecular formula is C10H12BrClFNO3S. The zero-order valence-corrected chi connectivity index (χ0v) is 12.6. The first-order valence-corrected chi connectivity index (χ1v) is 7.72. The molecule has 1 aromatic rings. The number of ether oxygens (including phenoxy) is 1. The molecule has 0 fully saturated rings. The highest BCUT2D eigenvalue weighted by Crippen LogP contribution is 2.22. The second-order valence-electron chi connectivity index (χ2n) is 3.48. The summed E-state index contributed by atoms with van der Waals surface area (Å²) in [5, 5.41) is -0.0261. The summed E-state index contributed by atoms with van der Waals surface area (Å²) in [4.78, 5) is -0.453. The van der Waals surface area contributed by atoms with Gasteiger partial charge in [-0.15, -0.1) is 0 Å². The summed E-state index contributed by atoms with van der Waals surface area (Å²) >= 11 is 8.97. The van der Waals surface area contributed by atoms with E-state index in [1.807, 2.05) is 0 Å². The summed E-state index contributed by atoms with van der Waals surface area (Å²) < 4.78 is 44.0. The van der Waals surface area contributed by atoms with Gasteiger partial charge < -0.3 is 4.74 Å². The predicted octanol–water partition coefficient (Wildman–Crippen LogP) is 2.17. The number of halogens is 3. The molecular weight excluding hydrogens is 349 g/mol. The first-order valence-electron chi connectivity index (χ1n) is 4.94. The Labute approximate surface area is 119 Å². The van der Waals surface area contributed by atoms with Crippen molar-refractivity contribution in [1.82, 2.24) is 4.72 Å². The van der Waals surface area contributed by atoms with Crippen LogP contribution in [0.2, 0.25) is 5.02 Å². The molecule has 1 atom stereocenters. The van der Waals surface area contributed by atoms with Gasteiger partial charge in [0.15, 0.2) is 0 Å². The molecule has 0 aliphatic rings. The fourth-order valence-corrected chi connectivity index (χ4v) is 3.43. The fraction of sp³-hybridized carbons (Fsp3) is 0.400. The number of hydrogen-bond donors (Lipinski definition) is 1. The lowest BCUT2D eigenvalue weighted by Crippen LogP contribution is -2.31. The maximum absolute atomic E-state index is 13.0. The number of benzene rings is 1. The quantitative estimate of drug-likeness (QED) is 0.791. The standard InChI is InChI=1S/C10H12BrClFNO3S/c1-17-6-7(11)5-14-18(15,16)10-4-8(13)2-3-9(10)12/h2-4,7,14H,5-6H2,1H3. The van der Waals surface area contributed by atoms with E-state index in [1.165, 1.54) is 13.2 Å². The topological polar surface area (TPSA) is 55.4 Å². The molecule has 102 valence electrons. The molecule has 0 saturated carbocycles. The average Bonchev–Trinajstić information content (AvgIpc) is 2.30. The van der Waals surface area contributed by atoms with Crippen molar-refractivity contribution in [2.24, 2.45) is 0 Å². The average molecular weight is 361 g/mol. The molecule has 1 aromatic carbocycles. The molecule has 1 rings (SSSR count). The SMILES string of the molecule is COCC(Br)CNS(=O)(=O)c1cc(F)ccc1Cl. The summed E-state index contributed by atoms with van der Waals surface area (Å²) in [5.41, 5.74) is 0. The number of alkyl halides is 1. The van der Waals surface area contributed by atoms with Gasteiger partial charge in [0, 0.05) is 13.7 Å². The zero-order chi connectivity index (χ0) is 13.8. The van der Waals surface area contributed by atoms with E-state index in [4.69, 9.17) is 16.3 Å². The van der Waals surface area contributed by atoms with Crippen LogP contribution in [0, 0.1) is 5.82 Å². The number of rotatable bonds is 6. The number of hydrogen-bond acceptors (Lipinski definition) is 3. The van der Waals surface area contributed by atoms with Gasteiger partial charge in [0.2, 0.25) is 10.0 Å². The van der Waals surface area contributed by atoms with Crippen LogP contribution in [0.25, 0.3) is 0 Å². The van der Waals surface area contributed by atoms with Gasteiger partial charge in [0.1, 0.15) is 10.7 Å². The lowest BCUT2D eigenvalue weighted by Gasteiger charge is -2.11. The van der Waals surface area contributed by atoms with Gasteiger partial charge in [-0.3, -0.25) is 0 Å². The highest BCUT2D eigenvalue weighted by molar-refractivity contribution is 9.09. The Hall–Kier alpha value is -0.210. The molecule has 4 nitrogen and oxygen atoms in total. The summed E-state index contributed by atoms with van der Waals surface area (Å²) in [6.45, 7) is 0.461. The van der Waals surface area contributed by atoms with Gasteiger partial charge in [-0.1, -0.05) is 27.5 Å². The van der Waals surface area contributed by atoms with Crippen molar-refractivity contribution in [2.45, 2.75) is 9.72 Å². The van der Waals surface area contributed by atoms with Crippen molar-refractivity contribution in [1.29, 1.82) is 0 Å². The first-order chi connectivity index (χ1) is 8.36. The third-order valence-electron chi connectivity index (χ3n) is 2.03. The van der Waals surface area contributed by atoms with Crippen molar-refractivity contribution < 1.29 is 17.5 Å². The van der Waals surface area contributed by atoms with Crippen LogP contribution in [0.1, 0.15) is 0 Å². The van der Waals surface area contributed by atoms with Crippen LogP contribution < -0.4 is 4.72 Å². The van der Waals surface area contributed by atoms with E-state index in [0.29, 0.717) is 6.61 Å². The molecule has 1 unspecified atom stereocenters. The summed E-state index contributed by atoms with van der Waals surface area (Å²) in [6.07, 6.45) is 0. The van der Waals surface area contributed by atoms with Gasteiger partial charge in [-0.25, -0.2) is 17.5 Å². The third kappa shape index (κ3) is 4.47. The molecule has 1 N–H and O–H groups in total. The minimum atomic E-state index is -3.83. The van der Waals surface area contributed by atoms with Crippen LogP contribution in [0.5, 0.6) is 0 Å². The number of methoxy groups -OCH3 is 1. The Morgan fingerprint density at radius 1 is 1.56 bits per heavy atom. The van der Waals surface area contributed by atoms with Crippen LogP contribution in [0.4, 0.5) is 4.39 Å². The van der Waals surface area contributed by atoms with Crippen molar-refractivity contribution in [3.8, 4) is 0 Å². The van der Waals surface area contributed by atoms with E-state index in [2.05, 4.69) is 20.7 Å². The molecule has 0 heterocycles. The Bertz CT molecular complexity index is 512. The molecule has 0 saturated heterocycles. The molecule has 0 aromatic heterocycles. The maximum atomic E-state index is 13.0. The third-order valence-corrected chi connectivity index (χ3v) is 4.52. The van der Waals surface area contributed by atoms with E-state index < -0.39 is 15.8 Å². The largest absolute Gasteiger partial charge is 0.383 e. The summed E-state index contributed by atoms with van der Waals surface area (Å²) in [7, 11) is -2.33. The van der Waals surface area contributed by atoms with Gasteiger partial charge in [0.25, 0.3) is 0 Å². The summed E-state index contributed by atoms with van der Waals surface area (Å²) in [5.74, 6) is -0.660. The molecule has 0 aliphatic heterocycles. The van der Waals surface area contributed by atoms with E-state index in [9.17, 15) is 12.8 Å². The molecule has 0 amide bonds. The molecule has 18 heavy (non-hydrogen) atoms. The lowest BCUT2D eigenvalue weighted by atomic mass is 10.3. The highest BCUT2D eigenvalue weighted by Gasteiger charge is 2.19. The molecule has 0 radical (unpaired) electrons. The van der Waals surface area contributed by atoms with E-state index >= 15 is 0 Å². The summed E-state index contributed by atoms with van der Waals surface area (Å²) in [6, 6.07) is 3.18. The number of sulfonamides is 1. The van der Waals surface area contributed by atoms with E-state index in [-0.39, 0.29) is 21.3 Å². The second kappa shape index (κ2) is 6.81. The van der Waals surface area contributed by atoms with Crippen LogP contribution in [0.3, 0.4) is 0 Å². The maximum Gasteiger partial charge on any atom is 0.242 e. The van der Waals surface area contributed by atoms with Crippen molar-refractivity contribution >= 4 is 37.6 Å². The first kappa shape index (κ1) is 15.8. The Morgan fingerprint density at radius 2 is 2.22 bits per heavy atom. The van der Waals surface area contributed by atoms with Crippen LogP contribution in [-0.2, 0) is 14.8 Å². The van der Waals surface area contributed by atoms with Gasteiger partial charge >= 0.3 is 0 Å². The Morgan fingerprint density at radius 3 is 2.83 bits per heavy atom. The highest BCUT2D eigenvalue weighted by atomic mass is 79.9. The van der Waals surface area contributed by atoms with Gasteiger partial charge in [-0.2, -0.15) is 0 Å². The van der Waals surface area contributed by atoms with Crippen LogP contribution in [0.15, 0.2) is 23.1 Å². The van der Waals surface area contributed by atoms with Gasteiger partial charge in [-0.05, 0) is 18.2 Å². The Kier molecular flexibility index (Phi) is 6.00. The van der Waals surface area contributed by atoms with Crippen molar-refractivity contribution in [2.75, 3.05) is 20.3 Å². The lowest BCUT2D eigenvalue weighted by molar-refractivity contribution is 0.201. The van der Waals surface area contributed by atoms with E-state index in [1.54, 1.807) is 0 Å². The fourth-order valence-electron chi connectivity index (χ4n) is 1.20.